The first-order valence-electron chi connectivity index (χ1n) is 5.68. The van der Waals surface area contributed by atoms with Crippen molar-refractivity contribution in [3.05, 3.63) is 59.2 Å². The van der Waals surface area contributed by atoms with Crippen molar-refractivity contribution in [3.63, 3.8) is 0 Å². The molecule has 0 radical (unpaired) electrons. The van der Waals surface area contributed by atoms with Crippen molar-refractivity contribution >= 4 is 12.4 Å². The molecule has 0 aliphatic heterocycles. The van der Waals surface area contributed by atoms with Crippen molar-refractivity contribution in [2.45, 2.75) is 12.7 Å². The summed E-state index contributed by atoms with van der Waals surface area (Å²) in [7, 11) is 0. The maximum Gasteiger partial charge on any atom is 0.416 e. The van der Waals surface area contributed by atoms with Gasteiger partial charge in [0.2, 0.25) is 0 Å². The molecule has 0 heterocycles. The SMILES string of the molecule is Cl.NCc1ccc(-c2cc(F)ccc2F)cc1C(F)(F)F. The molecule has 0 atom stereocenters. The largest absolute Gasteiger partial charge is 0.416 e. The zero-order valence-electron chi connectivity index (χ0n) is 10.5. The summed E-state index contributed by atoms with van der Waals surface area (Å²) in [6.07, 6.45) is -4.60. The topological polar surface area (TPSA) is 26.0 Å². The molecule has 2 aromatic carbocycles. The van der Waals surface area contributed by atoms with Gasteiger partial charge in [0.15, 0.2) is 0 Å². The van der Waals surface area contributed by atoms with Crippen LogP contribution in [0.5, 0.6) is 0 Å². The second kappa shape index (κ2) is 6.41. The molecule has 0 aliphatic carbocycles. The van der Waals surface area contributed by atoms with E-state index in [-0.39, 0.29) is 35.6 Å². The molecule has 2 rings (SSSR count). The quantitative estimate of drug-likeness (QED) is 0.807. The molecule has 0 saturated heterocycles. The molecule has 0 amide bonds. The normalized spacial score (nSPS) is 11.1. The van der Waals surface area contributed by atoms with Gasteiger partial charge in [0, 0.05) is 12.1 Å². The van der Waals surface area contributed by atoms with E-state index >= 15 is 0 Å². The molecule has 0 bridgehead atoms. The third kappa shape index (κ3) is 3.71. The number of alkyl halides is 3. The molecule has 2 aromatic rings. The van der Waals surface area contributed by atoms with Crippen LogP contribution in [0.3, 0.4) is 0 Å². The fourth-order valence-electron chi connectivity index (χ4n) is 1.90. The minimum Gasteiger partial charge on any atom is -0.326 e. The van der Waals surface area contributed by atoms with Gasteiger partial charge in [-0.2, -0.15) is 13.2 Å². The fraction of sp³-hybridized carbons (Fsp3) is 0.143. The maximum atomic E-state index is 13.6. The molecule has 21 heavy (non-hydrogen) atoms. The molecule has 0 aliphatic rings. The fourth-order valence-corrected chi connectivity index (χ4v) is 1.90. The Kier molecular flexibility index (Phi) is 5.31. The zero-order valence-corrected chi connectivity index (χ0v) is 11.4. The van der Waals surface area contributed by atoms with Crippen LogP contribution in [-0.4, -0.2) is 0 Å². The van der Waals surface area contributed by atoms with E-state index in [1.54, 1.807) is 0 Å². The third-order valence-corrected chi connectivity index (χ3v) is 2.87. The predicted octanol–water partition coefficient (Wildman–Crippen LogP) is 4.53. The Morgan fingerprint density at radius 3 is 2.19 bits per heavy atom. The van der Waals surface area contributed by atoms with Crippen LogP contribution in [-0.2, 0) is 12.7 Å². The number of hydrogen-bond acceptors (Lipinski definition) is 1. The summed E-state index contributed by atoms with van der Waals surface area (Å²) >= 11 is 0. The molecule has 0 aromatic heterocycles. The highest BCUT2D eigenvalue weighted by molar-refractivity contribution is 5.85. The lowest BCUT2D eigenvalue weighted by Crippen LogP contribution is -2.12. The molecule has 114 valence electrons. The molecular weight excluding hydrogens is 313 g/mol. The summed E-state index contributed by atoms with van der Waals surface area (Å²) in [5.41, 5.74) is 3.94. The minimum absolute atomic E-state index is 0. The molecule has 0 saturated carbocycles. The van der Waals surface area contributed by atoms with Gasteiger partial charge in [-0.15, -0.1) is 12.4 Å². The van der Waals surface area contributed by atoms with Gasteiger partial charge in [-0.05, 0) is 35.4 Å². The second-order valence-electron chi connectivity index (χ2n) is 4.20. The van der Waals surface area contributed by atoms with E-state index in [1.807, 2.05) is 0 Å². The second-order valence-corrected chi connectivity index (χ2v) is 4.20. The van der Waals surface area contributed by atoms with Crippen LogP contribution in [0.25, 0.3) is 11.1 Å². The van der Waals surface area contributed by atoms with Crippen LogP contribution in [0, 0.1) is 11.6 Å². The smallest absolute Gasteiger partial charge is 0.326 e. The molecule has 2 N–H and O–H groups in total. The van der Waals surface area contributed by atoms with Crippen molar-refractivity contribution in [3.8, 4) is 11.1 Å². The van der Waals surface area contributed by atoms with E-state index in [0.29, 0.717) is 0 Å². The standard InChI is InChI=1S/C14H10F5N.ClH/c15-10-3-4-13(16)11(6-10)8-1-2-9(7-20)12(5-8)14(17,18)19;/h1-6H,7,20H2;1H. The van der Waals surface area contributed by atoms with E-state index in [0.717, 1.165) is 24.3 Å². The Balaban J connectivity index is 0.00000220. The van der Waals surface area contributed by atoms with Gasteiger partial charge >= 0.3 is 6.18 Å². The van der Waals surface area contributed by atoms with Gasteiger partial charge in [0.05, 0.1) is 5.56 Å². The summed E-state index contributed by atoms with van der Waals surface area (Å²) in [5, 5.41) is 0. The lowest BCUT2D eigenvalue weighted by atomic mass is 9.98. The van der Waals surface area contributed by atoms with Crippen molar-refractivity contribution in [1.29, 1.82) is 0 Å². The summed E-state index contributed by atoms with van der Waals surface area (Å²) in [6, 6.07) is 5.86. The van der Waals surface area contributed by atoms with Crippen LogP contribution in [0.4, 0.5) is 22.0 Å². The van der Waals surface area contributed by atoms with Crippen molar-refractivity contribution in [2.24, 2.45) is 5.73 Å². The van der Waals surface area contributed by atoms with E-state index < -0.39 is 23.4 Å². The Bertz CT molecular complexity index is 640. The van der Waals surface area contributed by atoms with Crippen LogP contribution in [0.2, 0.25) is 0 Å². The van der Waals surface area contributed by atoms with Gasteiger partial charge in [0.25, 0.3) is 0 Å². The Morgan fingerprint density at radius 2 is 1.62 bits per heavy atom. The highest BCUT2D eigenvalue weighted by Crippen LogP contribution is 2.35. The summed E-state index contributed by atoms with van der Waals surface area (Å²) in [5.74, 6) is -1.52. The highest BCUT2D eigenvalue weighted by atomic mass is 35.5. The van der Waals surface area contributed by atoms with Crippen LogP contribution >= 0.6 is 12.4 Å². The van der Waals surface area contributed by atoms with Gasteiger partial charge in [-0.25, -0.2) is 8.78 Å². The minimum atomic E-state index is -4.60. The first-order valence-corrected chi connectivity index (χ1v) is 5.68. The number of benzene rings is 2. The van der Waals surface area contributed by atoms with Crippen LogP contribution < -0.4 is 5.73 Å². The molecule has 7 heteroatoms. The number of hydrogen-bond donors (Lipinski definition) is 1. The molecule has 0 spiro atoms. The van der Waals surface area contributed by atoms with Gasteiger partial charge < -0.3 is 5.73 Å². The first-order chi connectivity index (χ1) is 9.32. The maximum absolute atomic E-state index is 13.6. The molecular formula is C14H11ClF5N. The average molecular weight is 324 g/mol. The lowest BCUT2D eigenvalue weighted by molar-refractivity contribution is -0.138. The van der Waals surface area contributed by atoms with Crippen molar-refractivity contribution < 1.29 is 22.0 Å². The van der Waals surface area contributed by atoms with E-state index in [4.69, 9.17) is 5.73 Å². The Morgan fingerprint density at radius 1 is 0.952 bits per heavy atom. The highest BCUT2D eigenvalue weighted by Gasteiger charge is 2.33. The molecule has 0 unspecified atom stereocenters. The molecule has 0 fully saturated rings. The Hall–Kier alpha value is -1.66. The van der Waals surface area contributed by atoms with Crippen molar-refractivity contribution in [1.82, 2.24) is 0 Å². The van der Waals surface area contributed by atoms with E-state index in [1.165, 1.54) is 12.1 Å². The number of nitrogens with two attached hydrogens (primary N) is 1. The monoisotopic (exact) mass is 323 g/mol. The third-order valence-electron chi connectivity index (χ3n) is 2.87. The van der Waals surface area contributed by atoms with Crippen LogP contribution in [0.1, 0.15) is 11.1 Å². The Labute approximate surface area is 124 Å². The lowest BCUT2D eigenvalue weighted by Gasteiger charge is -2.14. The van der Waals surface area contributed by atoms with Gasteiger partial charge in [0.1, 0.15) is 11.6 Å². The van der Waals surface area contributed by atoms with Crippen LogP contribution in [0.15, 0.2) is 36.4 Å². The number of halogens is 6. The van der Waals surface area contributed by atoms with Gasteiger partial charge in [-0.3, -0.25) is 0 Å². The first kappa shape index (κ1) is 17.4. The molecule has 1 nitrogen and oxygen atoms in total. The zero-order chi connectivity index (χ0) is 14.9. The van der Waals surface area contributed by atoms with Gasteiger partial charge in [-0.1, -0.05) is 12.1 Å². The summed E-state index contributed by atoms with van der Waals surface area (Å²) in [6.45, 7) is -0.291. The van der Waals surface area contributed by atoms with E-state index in [2.05, 4.69) is 0 Å². The summed E-state index contributed by atoms with van der Waals surface area (Å²) < 4.78 is 65.4. The summed E-state index contributed by atoms with van der Waals surface area (Å²) in [4.78, 5) is 0. The van der Waals surface area contributed by atoms with E-state index in [9.17, 15) is 22.0 Å². The average Bonchev–Trinajstić information content (AvgIpc) is 2.40. The van der Waals surface area contributed by atoms with Crippen molar-refractivity contribution in [2.75, 3.05) is 0 Å². The number of rotatable bonds is 2. The predicted molar refractivity (Wildman–Crippen MR) is 71.9 cm³/mol.